The summed E-state index contributed by atoms with van der Waals surface area (Å²) in [7, 11) is 0. The van der Waals surface area contributed by atoms with E-state index in [0.29, 0.717) is 58.0 Å². The molecule has 38 heavy (non-hydrogen) atoms. The zero-order valence-electron chi connectivity index (χ0n) is 20.6. The molecule has 1 heterocycles. The van der Waals surface area contributed by atoms with E-state index in [1.807, 2.05) is 23.1 Å². The Morgan fingerprint density at radius 1 is 0.579 bits per heavy atom. The number of para-hydroxylation sites is 1. The van der Waals surface area contributed by atoms with Crippen LogP contribution in [-0.2, 0) is 19.2 Å². The number of rotatable bonds is 9. The molecule has 0 spiro atoms. The molecule has 16 heteroatoms. The van der Waals surface area contributed by atoms with Crippen LogP contribution in [0.15, 0.2) is 30.3 Å². The fourth-order valence-corrected chi connectivity index (χ4v) is 3.71. The number of nitrogens with zero attached hydrogens (tertiary/aromatic N) is 4. The summed E-state index contributed by atoms with van der Waals surface area (Å²) in [6.45, 7) is 2.32. The van der Waals surface area contributed by atoms with Crippen LogP contribution in [0.3, 0.4) is 0 Å². The van der Waals surface area contributed by atoms with Gasteiger partial charge in [0.15, 0.2) is 0 Å². The Balaban J connectivity index is -0.00000306. The number of carbonyl (C=O) groups excluding carboxylic acids is 1. The van der Waals surface area contributed by atoms with Crippen LogP contribution >= 0.6 is 0 Å². The molecule has 4 N–H and O–H groups in total. The summed E-state index contributed by atoms with van der Waals surface area (Å²) in [5.41, 5.74) is 0.667. The summed E-state index contributed by atoms with van der Waals surface area (Å²) in [5.74, 6) is -3.20. The molecular formula is C22H33Cl3GdN5O7-3. The molecular weight excluding hydrogens is 710 g/mol. The van der Waals surface area contributed by atoms with E-state index in [4.69, 9.17) is 0 Å². The molecule has 1 aliphatic heterocycles. The van der Waals surface area contributed by atoms with E-state index >= 15 is 0 Å². The van der Waals surface area contributed by atoms with E-state index < -0.39 is 17.9 Å². The van der Waals surface area contributed by atoms with Crippen LogP contribution < -0.4 is 42.5 Å². The van der Waals surface area contributed by atoms with Crippen LogP contribution in [0.25, 0.3) is 0 Å². The summed E-state index contributed by atoms with van der Waals surface area (Å²) < 4.78 is 0. The molecule has 0 aliphatic carbocycles. The second-order valence-electron chi connectivity index (χ2n) is 8.20. The summed E-state index contributed by atoms with van der Waals surface area (Å²) in [4.78, 5) is 53.5. The fourth-order valence-electron chi connectivity index (χ4n) is 3.71. The number of nitrogens with one attached hydrogen (secondary N) is 1. The van der Waals surface area contributed by atoms with Crippen molar-refractivity contribution in [2.75, 3.05) is 83.9 Å². The van der Waals surface area contributed by atoms with E-state index in [2.05, 4.69) is 5.32 Å². The second kappa shape index (κ2) is 22.9. The van der Waals surface area contributed by atoms with Gasteiger partial charge in [-0.05, 0) is 12.1 Å². The predicted molar refractivity (Wildman–Crippen MR) is 124 cm³/mol. The molecule has 0 radical (unpaired) electrons. The molecule has 0 bridgehead atoms. The van der Waals surface area contributed by atoms with Crippen molar-refractivity contribution in [2.45, 2.75) is 0 Å². The first kappa shape index (κ1) is 41.6. The number of aliphatic carboxylic acids is 3. The van der Waals surface area contributed by atoms with Crippen molar-refractivity contribution in [1.82, 2.24) is 19.6 Å². The van der Waals surface area contributed by atoms with Crippen LogP contribution in [0.2, 0.25) is 0 Å². The Kier molecular flexibility index (Phi) is 25.1. The quantitative estimate of drug-likeness (QED) is 0.191. The molecule has 1 fully saturated rings. The molecule has 1 aromatic carbocycles. The van der Waals surface area contributed by atoms with Crippen LogP contribution in [-0.4, -0.2) is 137 Å². The number of amides is 1. The monoisotopic (exact) mass is 742 g/mol. The third kappa shape index (κ3) is 18.4. The van der Waals surface area contributed by atoms with Gasteiger partial charge in [-0.1, -0.05) is 18.2 Å². The zero-order chi connectivity index (χ0) is 24.9. The molecule has 2 rings (SSSR count). The molecule has 0 atom stereocenters. The van der Waals surface area contributed by atoms with E-state index in [1.54, 1.807) is 26.8 Å². The van der Waals surface area contributed by atoms with Gasteiger partial charge < -0.3 is 57.9 Å². The SMILES string of the molecule is O=C(O)CN1CCN(CC(=O)O)CCN(CC(=O)Nc2ccccc2)CCN(CC(=O)O)CC1.[Cl-].[Cl-].[Cl-].[Gd]. The minimum atomic E-state index is -1.00. The third-order valence-electron chi connectivity index (χ3n) is 5.43. The average Bonchev–Trinajstić information content (AvgIpc) is 2.75. The van der Waals surface area contributed by atoms with Gasteiger partial charge in [0.2, 0.25) is 5.91 Å². The summed E-state index contributed by atoms with van der Waals surface area (Å²) in [6, 6.07) is 9.03. The Morgan fingerprint density at radius 3 is 1.16 bits per heavy atom. The fraction of sp³-hybridized carbons (Fsp3) is 0.545. The third-order valence-corrected chi connectivity index (χ3v) is 5.43. The van der Waals surface area contributed by atoms with Crippen molar-refractivity contribution in [2.24, 2.45) is 0 Å². The largest absolute Gasteiger partial charge is 1.00 e. The van der Waals surface area contributed by atoms with Gasteiger partial charge in [0, 0.05) is 98.0 Å². The average molecular weight is 743 g/mol. The van der Waals surface area contributed by atoms with E-state index in [-0.39, 0.29) is 109 Å². The number of hydrogen-bond donors (Lipinski definition) is 4. The number of carbonyl (C=O) groups is 4. The maximum atomic E-state index is 12.6. The first-order valence-electron chi connectivity index (χ1n) is 11.1. The van der Waals surface area contributed by atoms with Crippen molar-refractivity contribution < 1.29 is 112 Å². The standard InChI is InChI=1S/C22H33N5O7.3ClH.Gd/c28-19(23-18-4-2-1-3-5-18)14-24-6-8-25(15-20(29)30)10-12-27(17-22(33)34)13-11-26(9-7-24)16-21(31)32;;;;/h1-5H,6-17H2,(H,23,28)(H,29,30)(H,31,32)(H,33,34);3*1H;/p-3. The van der Waals surface area contributed by atoms with Gasteiger partial charge in [-0.3, -0.25) is 38.8 Å². The van der Waals surface area contributed by atoms with Crippen LogP contribution in [0, 0.1) is 39.9 Å². The number of benzene rings is 1. The molecule has 220 valence electrons. The minimum absolute atomic E-state index is 0. The van der Waals surface area contributed by atoms with Gasteiger partial charge in [-0.15, -0.1) is 0 Å². The van der Waals surface area contributed by atoms with Crippen molar-refractivity contribution in [3.8, 4) is 0 Å². The predicted octanol–water partition coefficient (Wildman–Crippen LogP) is -9.89. The smallest absolute Gasteiger partial charge is 0.317 e. The van der Waals surface area contributed by atoms with Gasteiger partial charge in [-0.25, -0.2) is 0 Å². The summed E-state index contributed by atoms with van der Waals surface area (Å²) >= 11 is 0. The molecule has 0 aromatic heterocycles. The van der Waals surface area contributed by atoms with E-state index in [1.165, 1.54) is 0 Å². The number of hydrogen-bond acceptors (Lipinski definition) is 8. The number of carboxylic acids is 3. The number of carboxylic acid groups (broad SMARTS) is 3. The zero-order valence-corrected chi connectivity index (χ0v) is 25.2. The second-order valence-corrected chi connectivity index (χ2v) is 8.20. The first-order valence-corrected chi connectivity index (χ1v) is 11.1. The summed E-state index contributed by atoms with van der Waals surface area (Å²) in [5, 5.41) is 30.6. The number of anilines is 1. The molecule has 1 aliphatic rings. The van der Waals surface area contributed by atoms with Crippen molar-refractivity contribution >= 4 is 29.5 Å². The van der Waals surface area contributed by atoms with Gasteiger partial charge in [0.1, 0.15) is 0 Å². The maximum absolute atomic E-state index is 12.6. The maximum Gasteiger partial charge on any atom is 0.317 e. The number of halogens is 3. The van der Waals surface area contributed by atoms with Gasteiger partial charge in [-0.2, -0.15) is 0 Å². The molecule has 0 unspecified atom stereocenters. The van der Waals surface area contributed by atoms with Crippen molar-refractivity contribution in [3.05, 3.63) is 30.3 Å². The van der Waals surface area contributed by atoms with Crippen LogP contribution in [0.5, 0.6) is 0 Å². The van der Waals surface area contributed by atoms with Gasteiger partial charge in [0.25, 0.3) is 0 Å². The van der Waals surface area contributed by atoms with Crippen molar-refractivity contribution in [1.29, 1.82) is 0 Å². The summed E-state index contributed by atoms with van der Waals surface area (Å²) in [6.07, 6.45) is 0. The van der Waals surface area contributed by atoms with Gasteiger partial charge >= 0.3 is 17.9 Å². The van der Waals surface area contributed by atoms with Crippen LogP contribution in [0.1, 0.15) is 0 Å². The normalized spacial score (nSPS) is 16.0. The molecule has 1 saturated heterocycles. The Morgan fingerprint density at radius 2 is 0.868 bits per heavy atom. The van der Waals surface area contributed by atoms with Gasteiger partial charge in [0.05, 0.1) is 26.2 Å². The van der Waals surface area contributed by atoms with Crippen molar-refractivity contribution in [3.63, 3.8) is 0 Å². The first-order chi connectivity index (χ1) is 16.2. The van der Waals surface area contributed by atoms with E-state index in [0.717, 1.165) is 0 Å². The molecule has 0 saturated carbocycles. The molecule has 1 amide bonds. The molecule has 12 nitrogen and oxygen atoms in total. The Hall–Kier alpha value is -0.865. The molecule has 1 aromatic rings. The van der Waals surface area contributed by atoms with E-state index in [9.17, 15) is 34.5 Å². The minimum Gasteiger partial charge on any atom is -1.00 e. The Labute approximate surface area is 273 Å². The topological polar surface area (TPSA) is 154 Å². The van der Waals surface area contributed by atoms with Crippen LogP contribution in [0.4, 0.5) is 5.69 Å². The Bertz CT molecular complexity index is 813.